The van der Waals surface area contributed by atoms with Crippen molar-refractivity contribution in [2.24, 2.45) is 10.9 Å². The zero-order chi connectivity index (χ0) is 17.9. The van der Waals surface area contributed by atoms with Crippen molar-refractivity contribution in [2.75, 3.05) is 41.0 Å². The van der Waals surface area contributed by atoms with Gasteiger partial charge in [0.05, 0.1) is 21.3 Å². The molecule has 0 aliphatic heterocycles. The molecule has 0 unspecified atom stereocenters. The van der Waals surface area contributed by atoms with Crippen LogP contribution >= 0.6 is 24.0 Å². The van der Waals surface area contributed by atoms with E-state index in [2.05, 4.69) is 36.4 Å². The first kappa shape index (κ1) is 23.6. The van der Waals surface area contributed by atoms with Crippen molar-refractivity contribution in [3.05, 3.63) is 17.7 Å². The van der Waals surface area contributed by atoms with Crippen LogP contribution in [0.3, 0.4) is 0 Å². The number of nitrogens with one attached hydrogen (secondary N) is 2. The highest BCUT2D eigenvalue weighted by atomic mass is 127. The Morgan fingerprint density at radius 1 is 1.04 bits per heavy atom. The van der Waals surface area contributed by atoms with Crippen LogP contribution in [0.2, 0.25) is 0 Å². The second-order valence-corrected chi connectivity index (χ2v) is 5.78. The van der Waals surface area contributed by atoms with Gasteiger partial charge < -0.3 is 24.8 Å². The van der Waals surface area contributed by atoms with Gasteiger partial charge in [-0.25, -0.2) is 0 Å². The Morgan fingerprint density at radius 3 is 2.24 bits per heavy atom. The normalized spacial score (nSPS) is 10.9. The molecule has 1 rings (SSSR count). The maximum atomic E-state index is 5.52. The molecule has 1 aromatic rings. The van der Waals surface area contributed by atoms with E-state index >= 15 is 0 Å². The highest BCUT2D eigenvalue weighted by molar-refractivity contribution is 14.0. The number of ether oxygens (including phenoxy) is 3. The van der Waals surface area contributed by atoms with Crippen molar-refractivity contribution in [2.45, 2.75) is 27.2 Å². The molecule has 1 aromatic carbocycles. The molecule has 0 fully saturated rings. The summed E-state index contributed by atoms with van der Waals surface area (Å²) in [5.74, 6) is 3.37. The molecule has 2 N–H and O–H groups in total. The van der Waals surface area contributed by atoms with E-state index in [0.717, 1.165) is 37.6 Å². The summed E-state index contributed by atoms with van der Waals surface area (Å²) in [6, 6.07) is 3.90. The number of halogens is 1. The fourth-order valence-corrected chi connectivity index (χ4v) is 2.29. The van der Waals surface area contributed by atoms with Gasteiger partial charge in [0.1, 0.15) is 0 Å². The topological polar surface area (TPSA) is 64.1 Å². The third kappa shape index (κ3) is 7.58. The predicted molar refractivity (Wildman–Crippen MR) is 114 cm³/mol. The lowest BCUT2D eigenvalue weighted by Gasteiger charge is -2.16. The first-order valence-corrected chi connectivity index (χ1v) is 8.37. The van der Waals surface area contributed by atoms with Gasteiger partial charge in [-0.2, -0.15) is 0 Å². The number of hydrogen-bond donors (Lipinski definition) is 2. The van der Waals surface area contributed by atoms with E-state index in [4.69, 9.17) is 14.2 Å². The van der Waals surface area contributed by atoms with Crippen molar-refractivity contribution < 1.29 is 14.2 Å². The van der Waals surface area contributed by atoms with Crippen LogP contribution in [0.15, 0.2) is 17.1 Å². The summed E-state index contributed by atoms with van der Waals surface area (Å²) in [4.78, 5) is 4.57. The molecule has 6 nitrogen and oxygen atoms in total. The first-order valence-electron chi connectivity index (χ1n) is 8.37. The molecule has 0 amide bonds. The van der Waals surface area contributed by atoms with Gasteiger partial charge in [-0.3, -0.25) is 4.99 Å². The minimum atomic E-state index is 0. The molecule has 7 heteroatoms. The Bertz CT molecular complexity index is 537. The number of benzene rings is 1. The number of hydrogen-bond acceptors (Lipinski definition) is 4. The van der Waals surface area contributed by atoms with E-state index in [-0.39, 0.29) is 24.0 Å². The molecule has 0 heterocycles. The number of nitrogens with zero attached hydrogens (tertiary/aromatic N) is 1. The van der Waals surface area contributed by atoms with Gasteiger partial charge in [-0.1, -0.05) is 19.9 Å². The van der Waals surface area contributed by atoms with Crippen LogP contribution in [-0.4, -0.2) is 46.9 Å². The Labute approximate surface area is 168 Å². The smallest absolute Gasteiger partial charge is 0.203 e. The molecule has 0 saturated carbocycles. The number of rotatable bonds is 9. The third-order valence-electron chi connectivity index (χ3n) is 3.43. The van der Waals surface area contributed by atoms with Crippen LogP contribution in [0.5, 0.6) is 17.2 Å². The second kappa shape index (κ2) is 12.9. The summed E-state index contributed by atoms with van der Waals surface area (Å²) in [7, 11) is 4.87. The summed E-state index contributed by atoms with van der Waals surface area (Å²) in [5.41, 5.74) is 1.06. The molecule has 0 aromatic heterocycles. The average Bonchev–Trinajstić information content (AvgIpc) is 2.58. The fraction of sp³-hybridized carbons (Fsp3) is 0.611. The molecule has 144 valence electrons. The van der Waals surface area contributed by atoms with Crippen molar-refractivity contribution in [1.29, 1.82) is 0 Å². The maximum Gasteiger partial charge on any atom is 0.203 e. The Morgan fingerprint density at radius 2 is 1.72 bits per heavy atom. The van der Waals surface area contributed by atoms with Gasteiger partial charge in [0.25, 0.3) is 0 Å². The number of guanidine groups is 1. The molecule has 0 saturated heterocycles. The van der Waals surface area contributed by atoms with Crippen LogP contribution < -0.4 is 24.8 Å². The minimum absolute atomic E-state index is 0. The Kier molecular flexibility index (Phi) is 12.2. The van der Waals surface area contributed by atoms with Gasteiger partial charge in [0.15, 0.2) is 17.5 Å². The van der Waals surface area contributed by atoms with Crippen molar-refractivity contribution in [1.82, 2.24) is 10.6 Å². The van der Waals surface area contributed by atoms with Crippen molar-refractivity contribution in [3.8, 4) is 17.2 Å². The molecular weight excluding hydrogens is 433 g/mol. The van der Waals surface area contributed by atoms with Gasteiger partial charge in [0.2, 0.25) is 5.75 Å². The Hall–Kier alpha value is -1.38. The highest BCUT2D eigenvalue weighted by Crippen LogP contribution is 2.39. The van der Waals surface area contributed by atoms with Gasteiger partial charge in [0, 0.05) is 25.2 Å². The molecule has 0 aliphatic rings. The van der Waals surface area contributed by atoms with Crippen LogP contribution in [0.25, 0.3) is 0 Å². The molecule has 0 spiro atoms. The number of methoxy groups -OCH3 is 3. The van der Waals surface area contributed by atoms with E-state index in [0.29, 0.717) is 23.2 Å². The molecule has 0 bridgehead atoms. The largest absolute Gasteiger partial charge is 0.493 e. The summed E-state index contributed by atoms with van der Waals surface area (Å²) in [6.45, 7) is 8.75. The average molecular weight is 465 g/mol. The SMILES string of the molecule is CCNC(=NCC(C)C)NCCc1ccc(OC)c(OC)c1OC.I. The zero-order valence-electron chi connectivity index (χ0n) is 16.1. The first-order chi connectivity index (χ1) is 11.6. The van der Waals surface area contributed by atoms with Crippen LogP contribution in [0.1, 0.15) is 26.3 Å². The second-order valence-electron chi connectivity index (χ2n) is 5.78. The van der Waals surface area contributed by atoms with Crippen molar-refractivity contribution in [3.63, 3.8) is 0 Å². The van der Waals surface area contributed by atoms with E-state index < -0.39 is 0 Å². The Balaban J connectivity index is 0.00000576. The zero-order valence-corrected chi connectivity index (χ0v) is 18.5. The molecule has 0 atom stereocenters. The maximum absolute atomic E-state index is 5.52. The van der Waals surface area contributed by atoms with Crippen LogP contribution in [0, 0.1) is 5.92 Å². The van der Waals surface area contributed by atoms with Crippen LogP contribution in [-0.2, 0) is 6.42 Å². The monoisotopic (exact) mass is 465 g/mol. The molecule has 0 aliphatic carbocycles. The summed E-state index contributed by atoms with van der Waals surface area (Å²) >= 11 is 0. The predicted octanol–water partition coefficient (Wildman–Crippen LogP) is 3.08. The van der Waals surface area contributed by atoms with E-state index in [1.165, 1.54) is 0 Å². The lowest BCUT2D eigenvalue weighted by atomic mass is 10.1. The summed E-state index contributed by atoms with van der Waals surface area (Å²) in [6.07, 6.45) is 0.787. The van der Waals surface area contributed by atoms with E-state index in [9.17, 15) is 0 Å². The summed E-state index contributed by atoms with van der Waals surface area (Å²) in [5, 5.41) is 6.61. The molecular formula is C18H32IN3O3. The lowest BCUT2D eigenvalue weighted by Crippen LogP contribution is -2.38. The minimum Gasteiger partial charge on any atom is -0.493 e. The van der Waals surface area contributed by atoms with Crippen LogP contribution in [0.4, 0.5) is 0 Å². The highest BCUT2D eigenvalue weighted by Gasteiger charge is 2.15. The summed E-state index contributed by atoms with van der Waals surface area (Å²) < 4.78 is 16.3. The van der Waals surface area contributed by atoms with Crippen molar-refractivity contribution >= 4 is 29.9 Å². The van der Waals surface area contributed by atoms with E-state index in [1.807, 2.05) is 12.1 Å². The third-order valence-corrected chi connectivity index (χ3v) is 3.43. The van der Waals surface area contributed by atoms with Gasteiger partial charge in [-0.15, -0.1) is 24.0 Å². The fourth-order valence-electron chi connectivity index (χ4n) is 2.29. The quantitative estimate of drug-likeness (QED) is 0.334. The van der Waals surface area contributed by atoms with Gasteiger partial charge >= 0.3 is 0 Å². The standard InChI is InChI=1S/C18H31N3O3.HI/c1-7-19-18(21-12-13(2)3)20-11-10-14-8-9-15(22-4)17(24-6)16(14)23-5;/h8-9,13H,7,10-12H2,1-6H3,(H2,19,20,21);1H. The molecule has 25 heavy (non-hydrogen) atoms. The number of aliphatic imine (C=N–C) groups is 1. The lowest BCUT2D eigenvalue weighted by molar-refractivity contribution is 0.322. The molecule has 0 radical (unpaired) electrons. The van der Waals surface area contributed by atoms with Gasteiger partial charge in [-0.05, 0) is 25.3 Å². The van der Waals surface area contributed by atoms with E-state index in [1.54, 1.807) is 21.3 Å².